The summed E-state index contributed by atoms with van der Waals surface area (Å²) in [5, 5.41) is 19.1. The van der Waals surface area contributed by atoms with Gasteiger partial charge in [-0.05, 0) is 14.0 Å². The van der Waals surface area contributed by atoms with E-state index in [4.69, 9.17) is 4.74 Å². The molecule has 1 rings (SSSR count). The number of likely N-dealkylation sites (tertiary alicyclic amines) is 1. The molecule has 1 aliphatic rings. The first kappa shape index (κ1) is 9.92. The lowest BCUT2D eigenvalue weighted by molar-refractivity contribution is -0.138. The van der Waals surface area contributed by atoms with Crippen molar-refractivity contribution in [1.29, 1.82) is 0 Å². The number of methoxy groups -OCH3 is 1. The van der Waals surface area contributed by atoms with Gasteiger partial charge in [0, 0.05) is 19.7 Å². The maximum Gasteiger partial charge on any atom is 0.109 e. The van der Waals surface area contributed by atoms with Crippen molar-refractivity contribution in [2.24, 2.45) is 0 Å². The second-order valence-electron chi connectivity index (χ2n) is 3.44. The van der Waals surface area contributed by atoms with E-state index >= 15 is 0 Å². The highest BCUT2D eigenvalue weighted by molar-refractivity contribution is 4.91. The zero-order valence-electron chi connectivity index (χ0n) is 7.77. The van der Waals surface area contributed by atoms with Gasteiger partial charge in [-0.25, -0.2) is 0 Å². The van der Waals surface area contributed by atoms with E-state index in [1.165, 1.54) is 0 Å². The van der Waals surface area contributed by atoms with Gasteiger partial charge in [0.2, 0.25) is 0 Å². The van der Waals surface area contributed by atoms with E-state index in [0.29, 0.717) is 6.54 Å². The van der Waals surface area contributed by atoms with E-state index in [2.05, 4.69) is 0 Å². The molecule has 2 N–H and O–H groups in total. The molecule has 4 heteroatoms. The molecule has 0 amide bonds. The van der Waals surface area contributed by atoms with E-state index in [1.807, 2.05) is 18.9 Å². The standard InChI is InChI=1S/C8H17NO3/c1-5-7(10)8(11)6(12-3)4-9(5)2/h5-8,10-11H,4H2,1-3H3/t5-,6+,7+,8-/m1/s1. The number of aliphatic hydroxyl groups excluding tert-OH is 2. The van der Waals surface area contributed by atoms with Gasteiger partial charge in [-0.15, -0.1) is 0 Å². The van der Waals surface area contributed by atoms with Crippen LogP contribution in [0.2, 0.25) is 0 Å². The van der Waals surface area contributed by atoms with Crippen LogP contribution in [-0.2, 0) is 4.74 Å². The van der Waals surface area contributed by atoms with Crippen molar-refractivity contribution in [3.63, 3.8) is 0 Å². The molecule has 0 aromatic rings. The average Bonchev–Trinajstić information content (AvgIpc) is 2.08. The third kappa shape index (κ3) is 1.61. The van der Waals surface area contributed by atoms with Gasteiger partial charge >= 0.3 is 0 Å². The highest BCUT2D eigenvalue weighted by Crippen LogP contribution is 2.18. The van der Waals surface area contributed by atoms with E-state index in [1.54, 1.807) is 7.11 Å². The molecule has 72 valence electrons. The van der Waals surface area contributed by atoms with Gasteiger partial charge < -0.3 is 14.9 Å². The number of nitrogens with zero attached hydrogens (tertiary/aromatic N) is 1. The predicted molar refractivity (Wildman–Crippen MR) is 44.9 cm³/mol. The molecular weight excluding hydrogens is 158 g/mol. The molecule has 1 saturated heterocycles. The number of hydrogen-bond acceptors (Lipinski definition) is 4. The summed E-state index contributed by atoms with van der Waals surface area (Å²) in [6, 6.07) is -0.00796. The zero-order chi connectivity index (χ0) is 9.30. The predicted octanol–water partition coefficient (Wildman–Crippen LogP) is -0.943. The van der Waals surface area contributed by atoms with Gasteiger partial charge in [0.25, 0.3) is 0 Å². The minimum absolute atomic E-state index is 0.00796. The topological polar surface area (TPSA) is 52.9 Å². The quantitative estimate of drug-likeness (QED) is 0.540. The molecular formula is C8H17NO3. The first-order valence-electron chi connectivity index (χ1n) is 4.17. The third-order valence-electron chi connectivity index (χ3n) is 2.69. The van der Waals surface area contributed by atoms with Crippen molar-refractivity contribution >= 4 is 0 Å². The van der Waals surface area contributed by atoms with Crippen LogP contribution < -0.4 is 0 Å². The van der Waals surface area contributed by atoms with Crippen molar-refractivity contribution in [2.45, 2.75) is 31.3 Å². The summed E-state index contributed by atoms with van der Waals surface area (Å²) in [7, 11) is 3.45. The van der Waals surface area contributed by atoms with Crippen LogP contribution in [0.3, 0.4) is 0 Å². The minimum atomic E-state index is -0.763. The lowest BCUT2D eigenvalue weighted by Gasteiger charge is -2.41. The fourth-order valence-corrected chi connectivity index (χ4v) is 1.54. The smallest absolute Gasteiger partial charge is 0.109 e. The normalized spacial score (nSPS) is 44.8. The maximum absolute atomic E-state index is 9.55. The molecule has 1 aliphatic heterocycles. The highest BCUT2D eigenvalue weighted by atomic mass is 16.5. The monoisotopic (exact) mass is 175 g/mol. The van der Waals surface area contributed by atoms with Crippen LogP contribution in [-0.4, -0.2) is 60.2 Å². The first-order chi connectivity index (χ1) is 5.57. The van der Waals surface area contributed by atoms with Crippen LogP contribution in [0.15, 0.2) is 0 Å². The van der Waals surface area contributed by atoms with Crippen molar-refractivity contribution in [3.8, 4) is 0 Å². The SMILES string of the molecule is CO[C@H]1CN(C)[C@H](C)[C@H](O)[C@@H]1O. The fraction of sp³-hybridized carbons (Fsp3) is 1.00. The van der Waals surface area contributed by atoms with Crippen LogP contribution in [0.4, 0.5) is 0 Å². The van der Waals surface area contributed by atoms with E-state index < -0.39 is 12.2 Å². The number of piperidine rings is 1. The fourth-order valence-electron chi connectivity index (χ4n) is 1.54. The van der Waals surface area contributed by atoms with Crippen molar-refractivity contribution < 1.29 is 14.9 Å². The lowest BCUT2D eigenvalue weighted by atomic mass is 9.96. The van der Waals surface area contributed by atoms with Crippen molar-refractivity contribution in [1.82, 2.24) is 4.90 Å². The zero-order valence-corrected chi connectivity index (χ0v) is 7.77. The Morgan fingerprint density at radius 2 is 1.92 bits per heavy atom. The third-order valence-corrected chi connectivity index (χ3v) is 2.69. The number of ether oxygens (including phenoxy) is 1. The van der Waals surface area contributed by atoms with Crippen molar-refractivity contribution in [3.05, 3.63) is 0 Å². The summed E-state index contributed by atoms with van der Waals surface area (Å²) in [5.41, 5.74) is 0. The van der Waals surface area contributed by atoms with Crippen LogP contribution in [0.5, 0.6) is 0 Å². The summed E-state index contributed by atoms with van der Waals surface area (Å²) in [6.07, 6.45) is -1.75. The second-order valence-corrected chi connectivity index (χ2v) is 3.44. The molecule has 0 aromatic carbocycles. The first-order valence-corrected chi connectivity index (χ1v) is 4.17. The molecule has 4 nitrogen and oxygen atoms in total. The summed E-state index contributed by atoms with van der Waals surface area (Å²) in [5.74, 6) is 0. The van der Waals surface area contributed by atoms with E-state index in [9.17, 15) is 10.2 Å². The highest BCUT2D eigenvalue weighted by Gasteiger charge is 2.38. The Bertz CT molecular complexity index is 148. The molecule has 0 aromatic heterocycles. The Labute approximate surface area is 72.7 Å². The Morgan fingerprint density at radius 3 is 2.42 bits per heavy atom. The number of likely N-dealkylation sites (N-methyl/N-ethyl adjacent to an activating group) is 1. The molecule has 0 radical (unpaired) electrons. The van der Waals surface area contributed by atoms with Crippen molar-refractivity contribution in [2.75, 3.05) is 20.7 Å². The Morgan fingerprint density at radius 1 is 1.33 bits per heavy atom. The Balaban J connectivity index is 2.63. The molecule has 0 saturated carbocycles. The van der Waals surface area contributed by atoms with Gasteiger partial charge in [0.15, 0.2) is 0 Å². The molecule has 0 aliphatic carbocycles. The van der Waals surface area contributed by atoms with Crippen LogP contribution >= 0.6 is 0 Å². The minimum Gasteiger partial charge on any atom is -0.389 e. The van der Waals surface area contributed by atoms with Gasteiger partial charge in [-0.2, -0.15) is 0 Å². The van der Waals surface area contributed by atoms with E-state index in [-0.39, 0.29) is 12.1 Å². The average molecular weight is 175 g/mol. The molecule has 12 heavy (non-hydrogen) atoms. The molecule has 0 bridgehead atoms. The van der Waals surface area contributed by atoms with Gasteiger partial charge in [0.1, 0.15) is 6.10 Å². The summed E-state index contributed by atoms with van der Waals surface area (Å²) in [6.45, 7) is 2.55. The Kier molecular flexibility index (Phi) is 3.06. The number of hydrogen-bond donors (Lipinski definition) is 2. The second kappa shape index (κ2) is 3.70. The van der Waals surface area contributed by atoms with Crippen LogP contribution in [0.25, 0.3) is 0 Å². The van der Waals surface area contributed by atoms with E-state index in [0.717, 1.165) is 0 Å². The molecule has 1 heterocycles. The maximum atomic E-state index is 9.55. The van der Waals surface area contributed by atoms with Gasteiger partial charge in [-0.1, -0.05) is 0 Å². The van der Waals surface area contributed by atoms with Crippen LogP contribution in [0.1, 0.15) is 6.92 Å². The summed E-state index contributed by atoms with van der Waals surface area (Å²) >= 11 is 0. The summed E-state index contributed by atoms with van der Waals surface area (Å²) < 4.78 is 5.04. The molecule has 0 spiro atoms. The Hall–Kier alpha value is -0.160. The molecule has 0 unspecified atom stereocenters. The van der Waals surface area contributed by atoms with Gasteiger partial charge in [0.05, 0.1) is 12.2 Å². The largest absolute Gasteiger partial charge is 0.389 e. The lowest BCUT2D eigenvalue weighted by Crippen LogP contribution is -2.59. The molecule has 4 atom stereocenters. The van der Waals surface area contributed by atoms with Crippen LogP contribution in [0, 0.1) is 0 Å². The number of aliphatic hydroxyl groups is 2. The van der Waals surface area contributed by atoms with Gasteiger partial charge in [-0.3, -0.25) is 4.90 Å². The summed E-state index contributed by atoms with van der Waals surface area (Å²) in [4.78, 5) is 1.98. The number of rotatable bonds is 1. The molecule has 1 fully saturated rings.